The Morgan fingerprint density at radius 2 is 1.50 bits per heavy atom. The lowest BCUT2D eigenvalue weighted by molar-refractivity contribution is -0.182. The van der Waals surface area contributed by atoms with Gasteiger partial charge in [-0.25, -0.2) is 0 Å². The summed E-state index contributed by atoms with van der Waals surface area (Å²) < 4.78 is 0. The first-order valence-electron chi connectivity index (χ1n) is 10.6. The maximum absolute atomic E-state index is 12.7. The van der Waals surface area contributed by atoms with Crippen molar-refractivity contribution in [1.82, 2.24) is 0 Å². The van der Waals surface area contributed by atoms with Crippen LogP contribution in [0.15, 0.2) is 30.3 Å². The summed E-state index contributed by atoms with van der Waals surface area (Å²) in [5.41, 5.74) is -1.89. The molecule has 0 bridgehead atoms. The minimum atomic E-state index is -1.84. The van der Waals surface area contributed by atoms with Gasteiger partial charge in [0.15, 0.2) is 5.41 Å². The van der Waals surface area contributed by atoms with Gasteiger partial charge in [-0.05, 0) is 42.1 Å². The van der Waals surface area contributed by atoms with Crippen molar-refractivity contribution in [2.24, 2.45) is 22.7 Å². The Labute approximate surface area is 170 Å². The molecule has 0 aromatic heterocycles. The lowest BCUT2D eigenvalue weighted by Crippen LogP contribution is -2.57. The molecule has 0 aliphatic heterocycles. The van der Waals surface area contributed by atoms with E-state index in [-0.39, 0.29) is 12.3 Å². The van der Waals surface area contributed by atoms with Crippen molar-refractivity contribution in [3.8, 4) is 0 Å². The van der Waals surface area contributed by atoms with Gasteiger partial charge in [0.05, 0.1) is 0 Å². The van der Waals surface area contributed by atoms with E-state index < -0.39 is 22.8 Å². The second-order valence-corrected chi connectivity index (χ2v) is 8.88. The first-order chi connectivity index (χ1) is 13.1. The molecule has 0 spiro atoms. The highest BCUT2D eigenvalue weighted by Gasteiger charge is 2.62. The van der Waals surface area contributed by atoms with Gasteiger partial charge in [0, 0.05) is 0 Å². The third-order valence-corrected chi connectivity index (χ3v) is 6.39. The van der Waals surface area contributed by atoms with Crippen LogP contribution in [0, 0.1) is 22.7 Å². The van der Waals surface area contributed by atoms with Crippen LogP contribution in [0.5, 0.6) is 0 Å². The molecule has 1 unspecified atom stereocenters. The maximum Gasteiger partial charge on any atom is 0.321 e. The van der Waals surface area contributed by atoms with E-state index in [1.165, 1.54) is 0 Å². The van der Waals surface area contributed by atoms with Gasteiger partial charge in [0.2, 0.25) is 0 Å². The summed E-state index contributed by atoms with van der Waals surface area (Å²) >= 11 is 0. The molecule has 0 aliphatic carbocycles. The van der Waals surface area contributed by atoms with Crippen molar-refractivity contribution >= 4 is 11.9 Å². The van der Waals surface area contributed by atoms with Crippen molar-refractivity contribution in [3.63, 3.8) is 0 Å². The third-order valence-electron chi connectivity index (χ3n) is 6.39. The van der Waals surface area contributed by atoms with Crippen LogP contribution in [0.2, 0.25) is 0 Å². The molecule has 0 saturated carbocycles. The average Bonchev–Trinajstić information content (AvgIpc) is 2.63. The zero-order chi connectivity index (χ0) is 21.4. The number of aliphatic carboxylic acids is 2. The van der Waals surface area contributed by atoms with Gasteiger partial charge in [0.1, 0.15) is 0 Å². The summed E-state index contributed by atoms with van der Waals surface area (Å²) in [6.45, 7) is 10.3. The van der Waals surface area contributed by atoms with Crippen molar-refractivity contribution in [1.29, 1.82) is 0 Å². The van der Waals surface area contributed by atoms with E-state index in [0.29, 0.717) is 18.8 Å². The average molecular weight is 391 g/mol. The van der Waals surface area contributed by atoms with E-state index in [2.05, 4.69) is 20.8 Å². The summed E-state index contributed by atoms with van der Waals surface area (Å²) in [6, 6.07) is 9.21. The van der Waals surface area contributed by atoms with Crippen LogP contribution >= 0.6 is 0 Å². The van der Waals surface area contributed by atoms with E-state index in [1.807, 2.05) is 44.2 Å². The van der Waals surface area contributed by atoms with Crippen LogP contribution in [0.3, 0.4) is 0 Å². The van der Waals surface area contributed by atoms with Crippen LogP contribution in [0.1, 0.15) is 78.7 Å². The quantitative estimate of drug-likeness (QED) is 0.318. The third kappa shape index (κ3) is 5.15. The number of hydrogen-bond acceptors (Lipinski definition) is 2. The Bertz CT molecular complexity index is 607. The molecule has 2 N–H and O–H groups in total. The number of rotatable bonds is 13. The SMILES string of the molecule is CCCCCC(CCC(C)C)(C(C)C)C(Cc1ccccc1)(C(=O)O)C(=O)O. The van der Waals surface area contributed by atoms with Crippen LogP contribution in [-0.4, -0.2) is 22.2 Å². The van der Waals surface area contributed by atoms with Crippen molar-refractivity contribution in [3.05, 3.63) is 35.9 Å². The molecule has 0 heterocycles. The van der Waals surface area contributed by atoms with Crippen molar-refractivity contribution < 1.29 is 19.8 Å². The summed E-state index contributed by atoms with van der Waals surface area (Å²) in [5, 5.41) is 20.8. The molecule has 1 aromatic carbocycles. The molecule has 0 amide bonds. The minimum Gasteiger partial charge on any atom is -0.480 e. The highest BCUT2D eigenvalue weighted by atomic mass is 16.4. The highest BCUT2D eigenvalue weighted by molar-refractivity contribution is 5.99. The van der Waals surface area contributed by atoms with Crippen molar-refractivity contribution in [2.75, 3.05) is 0 Å². The van der Waals surface area contributed by atoms with Crippen LogP contribution in [0.4, 0.5) is 0 Å². The lowest BCUT2D eigenvalue weighted by Gasteiger charge is -2.49. The molecular weight excluding hydrogens is 352 g/mol. The molecule has 4 nitrogen and oxygen atoms in total. The molecule has 0 fully saturated rings. The highest BCUT2D eigenvalue weighted by Crippen LogP contribution is 2.55. The molecule has 28 heavy (non-hydrogen) atoms. The first kappa shape index (κ1) is 24.2. The Morgan fingerprint density at radius 3 is 1.93 bits per heavy atom. The molecule has 0 radical (unpaired) electrons. The number of carboxylic acids is 2. The van der Waals surface area contributed by atoms with E-state index in [9.17, 15) is 19.8 Å². The number of carboxylic acid groups (broad SMARTS) is 2. The van der Waals surface area contributed by atoms with Gasteiger partial charge in [-0.2, -0.15) is 0 Å². The van der Waals surface area contributed by atoms with E-state index in [0.717, 1.165) is 31.2 Å². The Balaban J connectivity index is 3.61. The van der Waals surface area contributed by atoms with E-state index in [4.69, 9.17) is 0 Å². The molecule has 1 atom stereocenters. The standard InChI is InChI=1S/C24H38O4/c1-6-7-11-15-23(19(4)5,16-14-18(2)3)24(21(25)26,22(27)28)17-20-12-9-8-10-13-20/h8-10,12-13,18-19H,6-7,11,14-17H2,1-5H3,(H,25,26)(H,27,28). The van der Waals surface area contributed by atoms with Gasteiger partial charge in [-0.15, -0.1) is 0 Å². The van der Waals surface area contributed by atoms with E-state index in [1.54, 1.807) is 0 Å². The first-order valence-corrected chi connectivity index (χ1v) is 10.6. The van der Waals surface area contributed by atoms with Gasteiger partial charge in [0.25, 0.3) is 0 Å². The summed E-state index contributed by atoms with van der Waals surface area (Å²) in [7, 11) is 0. The number of hydrogen-bond donors (Lipinski definition) is 2. The van der Waals surface area contributed by atoms with Gasteiger partial charge >= 0.3 is 11.9 Å². The lowest BCUT2D eigenvalue weighted by atomic mass is 9.51. The summed E-state index contributed by atoms with van der Waals surface area (Å²) in [6.07, 6.45) is 4.92. The topological polar surface area (TPSA) is 74.6 Å². The predicted molar refractivity (Wildman–Crippen MR) is 113 cm³/mol. The number of benzene rings is 1. The fraction of sp³-hybridized carbons (Fsp3) is 0.667. The molecule has 0 aliphatic rings. The van der Waals surface area contributed by atoms with Crippen LogP contribution < -0.4 is 0 Å². The summed E-state index contributed by atoms with van der Waals surface area (Å²) in [5.74, 6) is -2.09. The predicted octanol–water partition coefficient (Wildman–Crippen LogP) is 6.04. The second-order valence-electron chi connectivity index (χ2n) is 8.88. The Hall–Kier alpha value is -1.84. The van der Waals surface area contributed by atoms with Gasteiger partial charge < -0.3 is 10.2 Å². The molecule has 1 rings (SSSR count). The minimum absolute atomic E-state index is 0.0148. The molecule has 4 heteroatoms. The number of unbranched alkanes of at least 4 members (excludes halogenated alkanes) is 2. The normalized spacial score (nSPS) is 14.2. The fourth-order valence-electron chi connectivity index (χ4n) is 4.61. The molecule has 0 saturated heterocycles. The maximum atomic E-state index is 12.7. The zero-order valence-corrected chi connectivity index (χ0v) is 18.2. The van der Waals surface area contributed by atoms with Crippen molar-refractivity contribution in [2.45, 2.75) is 79.6 Å². The fourth-order valence-corrected chi connectivity index (χ4v) is 4.61. The monoisotopic (exact) mass is 390 g/mol. The van der Waals surface area contributed by atoms with Gasteiger partial charge in [-0.1, -0.05) is 90.6 Å². The van der Waals surface area contributed by atoms with Gasteiger partial charge in [-0.3, -0.25) is 9.59 Å². The second kappa shape index (κ2) is 10.6. The Morgan fingerprint density at radius 1 is 0.929 bits per heavy atom. The zero-order valence-electron chi connectivity index (χ0n) is 18.2. The van der Waals surface area contributed by atoms with Crippen LogP contribution in [0.25, 0.3) is 0 Å². The smallest absolute Gasteiger partial charge is 0.321 e. The van der Waals surface area contributed by atoms with Crippen LogP contribution in [-0.2, 0) is 16.0 Å². The summed E-state index contributed by atoms with van der Waals surface area (Å²) in [4.78, 5) is 25.4. The molecular formula is C24H38O4. The largest absolute Gasteiger partial charge is 0.480 e. The Kier molecular flexibility index (Phi) is 9.19. The van der Waals surface area contributed by atoms with E-state index >= 15 is 0 Å². The molecule has 158 valence electrons. The molecule has 1 aromatic rings. The number of carbonyl (C=O) groups is 2.